The van der Waals surface area contributed by atoms with E-state index in [1.54, 1.807) is 7.11 Å². The summed E-state index contributed by atoms with van der Waals surface area (Å²) in [5.41, 5.74) is 1.17. The van der Waals surface area contributed by atoms with Crippen molar-refractivity contribution < 1.29 is 9.47 Å². The molecule has 0 amide bonds. The second-order valence-electron chi connectivity index (χ2n) is 4.06. The molecule has 0 radical (unpaired) electrons. The van der Waals surface area contributed by atoms with Crippen molar-refractivity contribution in [3.63, 3.8) is 0 Å². The van der Waals surface area contributed by atoms with E-state index in [1.807, 2.05) is 42.1 Å². The number of rotatable bonds is 7. The van der Waals surface area contributed by atoms with Gasteiger partial charge >= 0.3 is 0 Å². The van der Waals surface area contributed by atoms with Crippen LogP contribution < -0.4 is 4.74 Å². The molecular weight excluding hydrogens is 256 g/mol. The first kappa shape index (κ1) is 14.0. The van der Waals surface area contributed by atoms with Crippen LogP contribution in [0.1, 0.15) is 5.56 Å². The number of thioether (sulfide) groups is 1. The molecule has 0 aliphatic rings. The average molecular weight is 274 g/mol. The van der Waals surface area contributed by atoms with Crippen molar-refractivity contribution in [3.05, 3.63) is 60.2 Å². The molecule has 0 N–H and O–H groups in total. The van der Waals surface area contributed by atoms with E-state index in [9.17, 15) is 0 Å². The Balaban J connectivity index is 1.63. The molecule has 2 aromatic rings. The van der Waals surface area contributed by atoms with Crippen LogP contribution in [-0.4, -0.2) is 19.5 Å². The first-order valence-corrected chi connectivity index (χ1v) is 7.25. The average Bonchev–Trinajstić information content (AvgIpc) is 2.49. The Labute approximate surface area is 118 Å². The third-order valence-electron chi connectivity index (χ3n) is 2.67. The molecule has 0 aliphatic carbocycles. The van der Waals surface area contributed by atoms with Gasteiger partial charge in [0, 0.05) is 10.6 Å². The number of benzene rings is 2. The zero-order valence-electron chi connectivity index (χ0n) is 11.0. The van der Waals surface area contributed by atoms with Crippen LogP contribution in [0.25, 0.3) is 0 Å². The minimum Gasteiger partial charge on any atom is -0.497 e. The Morgan fingerprint density at radius 1 is 0.947 bits per heavy atom. The number of methoxy groups -OCH3 is 1. The zero-order valence-corrected chi connectivity index (χ0v) is 11.9. The summed E-state index contributed by atoms with van der Waals surface area (Å²) < 4.78 is 10.8. The summed E-state index contributed by atoms with van der Waals surface area (Å²) >= 11 is 1.82. The van der Waals surface area contributed by atoms with Crippen molar-refractivity contribution in [1.82, 2.24) is 0 Å². The molecule has 19 heavy (non-hydrogen) atoms. The third kappa shape index (κ3) is 4.97. The lowest BCUT2D eigenvalue weighted by Crippen LogP contribution is -1.97. The Morgan fingerprint density at radius 3 is 2.37 bits per heavy atom. The van der Waals surface area contributed by atoms with E-state index in [0.717, 1.165) is 18.1 Å². The Hall–Kier alpha value is -1.45. The van der Waals surface area contributed by atoms with Crippen molar-refractivity contribution in [3.8, 4) is 5.75 Å². The van der Waals surface area contributed by atoms with Gasteiger partial charge in [0.25, 0.3) is 0 Å². The maximum atomic E-state index is 5.65. The highest BCUT2D eigenvalue weighted by atomic mass is 32.2. The summed E-state index contributed by atoms with van der Waals surface area (Å²) in [7, 11) is 1.67. The van der Waals surface area contributed by atoms with Gasteiger partial charge in [-0.25, -0.2) is 0 Å². The molecule has 0 saturated carbocycles. The fraction of sp³-hybridized carbons (Fsp3) is 0.250. The maximum Gasteiger partial charge on any atom is 0.118 e. The van der Waals surface area contributed by atoms with Gasteiger partial charge in [-0.1, -0.05) is 30.3 Å². The van der Waals surface area contributed by atoms with E-state index in [-0.39, 0.29) is 0 Å². The minimum atomic E-state index is 0.652. The maximum absolute atomic E-state index is 5.65. The van der Waals surface area contributed by atoms with Crippen molar-refractivity contribution in [2.45, 2.75) is 11.5 Å². The summed E-state index contributed by atoms with van der Waals surface area (Å²) in [6, 6.07) is 18.4. The molecule has 0 bridgehead atoms. The molecule has 100 valence electrons. The molecule has 0 atom stereocenters. The summed E-state index contributed by atoms with van der Waals surface area (Å²) in [4.78, 5) is 1.29. The van der Waals surface area contributed by atoms with Gasteiger partial charge in [-0.15, -0.1) is 11.8 Å². The lowest BCUT2D eigenvalue weighted by molar-refractivity contribution is 0.136. The van der Waals surface area contributed by atoms with Crippen LogP contribution in [0.5, 0.6) is 5.75 Å². The smallest absolute Gasteiger partial charge is 0.118 e. The molecule has 0 heterocycles. The molecule has 0 aromatic heterocycles. The highest BCUT2D eigenvalue weighted by molar-refractivity contribution is 7.99. The molecular formula is C16H18O2S. The highest BCUT2D eigenvalue weighted by Gasteiger charge is 1.96. The molecule has 2 nitrogen and oxygen atoms in total. The number of hydrogen-bond acceptors (Lipinski definition) is 3. The normalized spacial score (nSPS) is 10.4. The molecule has 3 heteroatoms. The van der Waals surface area contributed by atoms with Crippen LogP contribution in [0.2, 0.25) is 0 Å². The van der Waals surface area contributed by atoms with Crippen molar-refractivity contribution >= 4 is 11.8 Å². The van der Waals surface area contributed by atoms with Crippen LogP contribution in [0.4, 0.5) is 0 Å². The first-order valence-electron chi connectivity index (χ1n) is 6.27. The van der Waals surface area contributed by atoms with E-state index >= 15 is 0 Å². The molecule has 0 unspecified atom stereocenters. The minimum absolute atomic E-state index is 0.652. The number of hydrogen-bond donors (Lipinski definition) is 0. The van der Waals surface area contributed by atoms with Crippen LogP contribution in [0.3, 0.4) is 0 Å². The van der Waals surface area contributed by atoms with Crippen LogP contribution >= 0.6 is 11.8 Å². The third-order valence-corrected chi connectivity index (χ3v) is 3.64. The van der Waals surface area contributed by atoms with Gasteiger partial charge in [-0.05, 0) is 29.8 Å². The second-order valence-corrected chi connectivity index (χ2v) is 5.23. The number of ether oxygens (including phenoxy) is 2. The summed E-state index contributed by atoms with van der Waals surface area (Å²) in [5, 5.41) is 0. The predicted molar refractivity (Wildman–Crippen MR) is 79.8 cm³/mol. The highest BCUT2D eigenvalue weighted by Crippen LogP contribution is 2.17. The van der Waals surface area contributed by atoms with E-state index in [4.69, 9.17) is 9.47 Å². The first-order chi connectivity index (χ1) is 9.38. The van der Waals surface area contributed by atoms with Gasteiger partial charge in [-0.3, -0.25) is 0 Å². The fourth-order valence-corrected chi connectivity index (χ4v) is 2.43. The van der Waals surface area contributed by atoms with E-state index in [1.165, 1.54) is 10.5 Å². The van der Waals surface area contributed by atoms with Gasteiger partial charge in [0.15, 0.2) is 0 Å². The standard InChI is InChI=1S/C16H18O2S/c1-17-15-9-7-14(8-10-15)13-18-11-12-19-16-5-3-2-4-6-16/h2-10H,11-13H2,1H3. The molecule has 2 aromatic carbocycles. The van der Waals surface area contributed by atoms with E-state index in [2.05, 4.69) is 24.3 Å². The lowest BCUT2D eigenvalue weighted by atomic mass is 10.2. The van der Waals surface area contributed by atoms with Gasteiger partial charge in [0.05, 0.1) is 20.3 Å². The topological polar surface area (TPSA) is 18.5 Å². The van der Waals surface area contributed by atoms with E-state index < -0.39 is 0 Å². The van der Waals surface area contributed by atoms with Crippen LogP contribution in [0, 0.1) is 0 Å². The van der Waals surface area contributed by atoms with Crippen molar-refractivity contribution in [1.29, 1.82) is 0 Å². The quantitative estimate of drug-likeness (QED) is 0.561. The Bertz CT molecular complexity index is 468. The Kier molecular flexibility index (Phi) is 5.79. The molecule has 0 saturated heterocycles. The fourth-order valence-electron chi connectivity index (χ4n) is 1.65. The summed E-state index contributed by atoms with van der Waals surface area (Å²) in [6.45, 7) is 1.41. The lowest BCUT2D eigenvalue weighted by Gasteiger charge is -2.05. The van der Waals surface area contributed by atoms with Crippen molar-refractivity contribution in [2.24, 2.45) is 0 Å². The summed E-state index contributed by atoms with van der Waals surface area (Å²) in [5.74, 6) is 1.85. The van der Waals surface area contributed by atoms with Gasteiger partial charge in [-0.2, -0.15) is 0 Å². The Morgan fingerprint density at radius 2 is 1.68 bits per heavy atom. The largest absolute Gasteiger partial charge is 0.497 e. The van der Waals surface area contributed by atoms with Gasteiger partial charge in [0.1, 0.15) is 5.75 Å². The monoisotopic (exact) mass is 274 g/mol. The van der Waals surface area contributed by atoms with Crippen molar-refractivity contribution in [2.75, 3.05) is 19.5 Å². The predicted octanol–water partition coefficient (Wildman–Crippen LogP) is 4.00. The van der Waals surface area contributed by atoms with Gasteiger partial charge in [0.2, 0.25) is 0 Å². The SMILES string of the molecule is COc1ccc(COCCSc2ccccc2)cc1. The summed E-state index contributed by atoms with van der Waals surface area (Å²) in [6.07, 6.45) is 0. The molecule has 0 aliphatic heterocycles. The van der Waals surface area contributed by atoms with Crippen LogP contribution in [-0.2, 0) is 11.3 Å². The molecule has 0 spiro atoms. The van der Waals surface area contributed by atoms with Crippen LogP contribution in [0.15, 0.2) is 59.5 Å². The molecule has 0 fully saturated rings. The van der Waals surface area contributed by atoms with E-state index in [0.29, 0.717) is 6.61 Å². The second kappa shape index (κ2) is 7.87. The molecule has 2 rings (SSSR count). The zero-order chi connectivity index (χ0) is 13.3. The van der Waals surface area contributed by atoms with Gasteiger partial charge < -0.3 is 9.47 Å².